The van der Waals surface area contributed by atoms with Gasteiger partial charge in [0.15, 0.2) is 0 Å². The minimum Gasteiger partial charge on any atom is -0.465 e. The van der Waals surface area contributed by atoms with Gasteiger partial charge in [-0.05, 0) is 40.1 Å². The van der Waals surface area contributed by atoms with Gasteiger partial charge in [-0.25, -0.2) is 4.79 Å². The number of urea groups is 1. The lowest BCUT2D eigenvalue weighted by atomic mass is 10.1. The molecule has 2 heterocycles. The Kier molecular flexibility index (Phi) is 7.08. The van der Waals surface area contributed by atoms with Gasteiger partial charge in [-0.1, -0.05) is 0 Å². The zero-order valence-corrected chi connectivity index (χ0v) is 15.2. The van der Waals surface area contributed by atoms with Gasteiger partial charge in [0.2, 0.25) is 0 Å². The molecule has 24 heavy (non-hydrogen) atoms. The molecule has 1 aliphatic heterocycles. The minimum absolute atomic E-state index is 0.0274. The largest absolute Gasteiger partial charge is 0.465 e. The molecule has 1 aromatic heterocycles. The fourth-order valence-electron chi connectivity index (χ4n) is 2.61. The zero-order chi connectivity index (χ0) is 17.5. The molecule has 1 aliphatic rings. The quantitative estimate of drug-likeness (QED) is 0.782. The number of likely N-dealkylation sites (N-methyl/N-ethyl adjacent to an activating group) is 1. The number of nitrogens with zero attached hydrogens (tertiary/aromatic N) is 2. The molecule has 7 nitrogen and oxygen atoms in total. The van der Waals surface area contributed by atoms with E-state index in [1.165, 1.54) is 0 Å². The van der Waals surface area contributed by atoms with Crippen molar-refractivity contribution in [2.45, 2.75) is 25.9 Å². The molecule has 0 bridgehead atoms. The molecular formula is C17H30N4O3. The second-order valence-corrected chi connectivity index (χ2v) is 6.52. The maximum absolute atomic E-state index is 12.1. The predicted octanol–water partition coefficient (Wildman–Crippen LogP) is 1.21. The Morgan fingerprint density at radius 1 is 1.25 bits per heavy atom. The van der Waals surface area contributed by atoms with Crippen LogP contribution >= 0.6 is 0 Å². The Morgan fingerprint density at radius 3 is 2.50 bits per heavy atom. The van der Waals surface area contributed by atoms with E-state index in [1.54, 1.807) is 0 Å². The average molecular weight is 338 g/mol. The third-order valence-corrected chi connectivity index (χ3v) is 4.47. The summed E-state index contributed by atoms with van der Waals surface area (Å²) >= 11 is 0. The third-order valence-electron chi connectivity index (χ3n) is 4.47. The smallest absolute Gasteiger partial charge is 0.314 e. The summed E-state index contributed by atoms with van der Waals surface area (Å²) in [5.74, 6) is 1.77. The van der Waals surface area contributed by atoms with E-state index < -0.39 is 0 Å². The van der Waals surface area contributed by atoms with E-state index in [4.69, 9.17) is 9.15 Å². The van der Waals surface area contributed by atoms with Crippen LogP contribution in [-0.4, -0.2) is 75.4 Å². The molecule has 1 fully saturated rings. The van der Waals surface area contributed by atoms with E-state index >= 15 is 0 Å². The van der Waals surface area contributed by atoms with Crippen molar-refractivity contribution < 1.29 is 13.9 Å². The lowest BCUT2D eigenvalue weighted by Crippen LogP contribution is -2.47. The van der Waals surface area contributed by atoms with E-state index in [1.807, 2.05) is 33.2 Å². The lowest BCUT2D eigenvalue weighted by Gasteiger charge is -2.33. The second-order valence-electron chi connectivity index (χ2n) is 6.52. The maximum atomic E-state index is 12.1. The molecule has 0 radical (unpaired) electrons. The van der Waals surface area contributed by atoms with Gasteiger partial charge in [-0.2, -0.15) is 0 Å². The molecule has 0 unspecified atom stereocenters. The van der Waals surface area contributed by atoms with Crippen molar-refractivity contribution >= 4 is 6.03 Å². The van der Waals surface area contributed by atoms with Crippen molar-refractivity contribution in [2.75, 3.05) is 53.5 Å². The second kappa shape index (κ2) is 9.05. The molecule has 7 heteroatoms. The minimum atomic E-state index is -0.148. The molecule has 1 aromatic rings. The summed E-state index contributed by atoms with van der Waals surface area (Å²) in [6, 6.07) is 4.12. The van der Waals surface area contributed by atoms with Crippen molar-refractivity contribution in [3.63, 3.8) is 0 Å². The van der Waals surface area contributed by atoms with Gasteiger partial charge in [0.25, 0.3) is 0 Å². The van der Waals surface area contributed by atoms with Crippen molar-refractivity contribution in [1.29, 1.82) is 0 Å². The standard InChI is InChI=1S/C17H30N4O3/c1-13(20(3)4)11-18-17(22)19-12-15(16-6-5-14(2)24-16)21-7-9-23-10-8-21/h5-6,13,15H,7-12H2,1-4H3,(H2,18,19,22)/t13-,15-/m0/s1. The molecule has 0 spiro atoms. The summed E-state index contributed by atoms with van der Waals surface area (Å²) in [4.78, 5) is 16.4. The predicted molar refractivity (Wildman–Crippen MR) is 93.1 cm³/mol. The molecule has 2 atom stereocenters. The number of hydrogen-bond donors (Lipinski definition) is 2. The topological polar surface area (TPSA) is 70.0 Å². The summed E-state index contributed by atoms with van der Waals surface area (Å²) in [5.41, 5.74) is 0. The Hall–Kier alpha value is -1.57. The first-order chi connectivity index (χ1) is 11.5. The molecule has 2 amide bonds. The highest BCUT2D eigenvalue weighted by Gasteiger charge is 2.25. The normalized spacial score (nSPS) is 18.4. The number of morpholine rings is 1. The monoisotopic (exact) mass is 338 g/mol. The molecule has 2 N–H and O–H groups in total. The summed E-state index contributed by atoms with van der Waals surface area (Å²) in [6.07, 6.45) is 0. The van der Waals surface area contributed by atoms with Crippen molar-refractivity contribution in [3.8, 4) is 0 Å². The summed E-state index contributed by atoms with van der Waals surface area (Å²) in [5, 5.41) is 5.88. The molecule has 136 valence electrons. The lowest BCUT2D eigenvalue weighted by molar-refractivity contribution is 0.0121. The van der Waals surface area contributed by atoms with Crippen LogP contribution in [-0.2, 0) is 4.74 Å². The van der Waals surface area contributed by atoms with Crippen LogP contribution < -0.4 is 10.6 Å². The maximum Gasteiger partial charge on any atom is 0.314 e. The van der Waals surface area contributed by atoms with Gasteiger partial charge in [0.05, 0.1) is 19.3 Å². The van der Waals surface area contributed by atoms with Crippen LogP contribution in [0, 0.1) is 6.92 Å². The zero-order valence-electron chi connectivity index (χ0n) is 15.2. The first kappa shape index (κ1) is 18.8. The van der Waals surface area contributed by atoms with Crippen molar-refractivity contribution in [2.24, 2.45) is 0 Å². The molecule has 0 saturated carbocycles. The average Bonchev–Trinajstić information content (AvgIpc) is 3.00. The number of aryl methyl sites for hydroxylation is 1. The highest BCUT2D eigenvalue weighted by atomic mass is 16.5. The van der Waals surface area contributed by atoms with Crippen LogP contribution in [0.15, 0.2) is 16.5 Å². The first-order valence-corrected chi connectivity index (χ1v) is 8.53. The molecule has 1 saturated heterocycles. The molecular weight excluding hydrogens is 308 g/mol. The summed E-state index contributed by atoms with van der Waals surface area (Å²) in [7, 11) is 4.00. The molecule has 2 rings (SSSR count). The number of hydrogen-bond acceptors (Lipinski definition) is 5. The van der Waals surface area contributed by atoms with E-state index in [9.17, 15) is 4.79 Å². The molecule has 0 aliphatic carbocycles. The van der Waals surface area contributed by atoms with Crippen molar-refractivity contribution in [3.05, 3.63) is 23.7 Å². The fraction of sp³-hybridized carbons (Fsp3) is 0.706. The summed E-state index contributed by atoms with van der Waals surface area (Å²) in [6.45, 7) is 8.23. The van der Waals surface area contributed by atoms with Crippen LogP contribution in [0.2, 0.25) is 0 Å². The number of furan rings is 1. The van der Waals surface area contributed by atoms with Gasteiger partial charge in [-0.15, -0.1) is 0 Å². The fourth-order valence-corrected chi connectivity index (χ4v) is 2.61. The molecule has 0 aromatic carbocycles. The van der Waals surface area contributed by atoms with Gasteiger partial charge in [-0.3, -0.25) is 4.90 Å². The Balaban J connectivity index is 1.89. The Bertz CT molecular complexity index is 512. The Morgan fingerprint density at radius 2 is 1.92 bits per heavy atom. The first-order valence-electron chi connectivity index (χ1n) is 8.53. The van der Waals surface area contributed by atoms with E-state index in [2.05, 4.69) is 27.4 Å². The Labute approximate surface area is 144 Å². The highest BCUT2D eigenvalue weighted by Crippen LogP contribution is 2.23. The van der Waals surface area contributed by atoms with Crippen molar-refractivity contribution in [1.82, 2.24) is 20.4 Å². The number of nitrogens with one attached hydrogen (secondary N) is 2. The van der Waals surface area contributed by atoms with Gasteiger partial charge in [0.1, 0.15) is 11.5 Å². The number of amides is 2. The van der Waals surface area contributed by atoms with E-state index in [0.29, 0.717) is 32.3 Å². The van der Waals surface area contributed by atoms with Crippen LogP contribution in [0.25, 0.3) is 0 Å². The highest BCUT2D eigenvalue weighted by molar-refractivity contribution is 5.73. The van der Waals surface area contributed by atoms with Crippen LogP contribution in [0.4, 0.5) is 4.79 Å². The van der Waals surface area contributed by atoms with E-state index in [0.717, 1.165) is 24.6 Å². The number of rotatable bonds is 7. The third kappa shape index (κ3) is 5.51. The number of carbonyl (C=O) groups is 1. The van der Waals surface area contributed by atoms with Crippen LogP contribution in [0.5, 0.6) is 0 Å². The SMILES string of the molecule is Cc1ccc([C@H](CNC(=O)NC[C@H](C)N(C)C)N2CCOCC2)o1. The van der Waals surface area contributed by atoms with Crippen LogP contribution in [0.1, 0.15) is 24.5 Å². The summed E-state index contributed by atoms with van der Waals surface area (Å²) < 4.78 is 11.2. The van der Waals surface area contributed by atoms with E-state index in [-0.39, 0.29) is 12.1 Å². The van der Waals surface area contributed by atoms with Gasteiger partial charge >= 0.3 is 6.03 Å². The van der Waals surface area contributed by atoms with Crippen LogP contribution in [0.3, 0.4) is 0 Å². The van der Waals surface area contributed by atoms with Gasteiger partial charge < -0.3 is 24.7 Å². The van der Waals surface area contributed by atoms with Gasteiger partial charge in [0, 0.05) is 32.2 Å². The number of ether oxygens (including phenoxy) is 1. The number of carbonyl (C=O) groups excluding carboxylic acids is 1.